The van der Waals surface area contributed by atoms with E-state index in [4.69, 9.17) is 0 Å². The normalized spacial score (nSPS) is 11.0. The first kappa shape index (κ1) is 16.4. The van der Waals surface area contributed by atoms with Gasteiger partial charge < -0.3 is 4.57 Å². The van der Waals surface area contributed by atoms with Gasteiger partial charge in [-0.15, -0.1) is 10.2 Å². The van der Waals surface area contributed by atoms with E-state index in [-0.39, 0.29) is 5.91 Å². The topological polar surface area (TPSA) is 59.8 Å². The van der Waals surface area contributed by atoms with Crippen LogP contribution in [0.2, 0.25) is 0 Å². The van der Waals surface area contributed by atoms with Crippen molar-refractivity contribution in [1.29, 1.82) is 0 Å². The molecule has 1 amide bonds. The van der Waals surface area contributed by atoms with Gasteiger partial charge in [0.05, 0.1) is 0 Å². The molecule has 0 aliphatic carbocycles. The molecule has 6 heteroatoms. The fourth-order valence-corrected chi connectivity index (χ4v) is 3.38. The number of nitrogens with one attached hydrogen (secondary N) is 1. The lowest BCUT2D eigenvalue weighted by Gasteiger charge is -2.09. The van der Waals surface area contributed by atoms with Crippen LogP contribution >= 0.6 is 11.3 Å². The molecule has 0 radical (unpaired) electrons. The van der Waals surface area contributed by atoms with Crippen molar-refractivity contribution in [2.24, 2.45) is 5.92 Å². The summed E-state index contributed by atoms with van der Waals surface area (Å²) in [5.74, 6) is 0.346. The Morgan fingerprint density at radius 1 is 1.25 bits per heavy atom. The molecule has 3 rings (SSSR count). The van der Waals surface area contributed by atoms with Crippen molar-refractivity contribution >= 4 is 22.4 Å². The Bertz CT molecular complexity index is 837. The van der Waals surface area contributed by atoms with Crippen LogP contribution in [0.3, 0.4) is 0 Å². The summed E-state index contributed by atoms with van der Waals surface area (Å²) in [6, 6.07) is 9.59. The number of aryl methyl sites for hydroxylation is 1. The zero-order valence-electron chi connectivity index (χ0n) is 14.0. The van der Waals surface area contributed by atoms with Crippen molar-refractivity contribution < 1.29 is 4.79 Å². The molecule has 5 nitrogen and oxygen atoms in total. The Morgan fingerprint density at radius 3 is 2.71 bits per heavy atom. The Morgan fingerprint density at radius 2 is 2.00 bits per heavy atom. The van der Waals surface area contributed by atoms with E-state index in [0.29, 0.717) is 16.6 Å². The quantitative estimate of drug-likeness (QED) is 0.761. The summed E-state index contributed by atoms with van der Waals surface area (Å²) in [4.78, 5) is 12.5. The second kappa shape index (κ2) is 6.97. The molecule has 3 aromatic rings. The average Bonchev–Trinajstić information content (AvgIpc) is 3.19. The molecule has 1 N–H and O–H groups in total. The Kier molecular flexibility index (Phi) is 4.76. The highest BCUT2D eigenvalue weighted by Gasteiger charge is 2.12. The Balaban J connectivity index is 1.78. The van der Waals surface area contributed by atoms with Gasteiger partial charge in [0.25, 0.3) is 5.91 Å². The minimum absolute atomic E-state index is 0.171. The fraction of sp³-hybridized carbons (Fsp3) is 0.278. The maximum Gasteiger partial charge on any atom is 0.257 e. The number of amides is 1. The van der Waals surface area contributed by atoms with Crippen LogP contribution in [-0.4, -0.2) is 20.7 Å². The van der Waals surface area contributed by atoms with E-state index in [0.717, 1.165) is 22.7 Å². The van der Waals surface area contributed by atoms with Crippen molar-refractivity contribution in [2.75, 3.05) is 5.32 Å². The summed E-state index contributed by atoms with van der Waals surface area (Å²) in [5.41, 5.74) is 2.70. The minimum atomic E-state index is -0.171. The fourth-order valence-electron chi connectivity index (χ4n) is 2.43. The van der Waals surface area contributed by atoms with Gasteiger partial charge in [0, 0.05) is 30.1 Å². The molecule has 0 atom stereocenters. The van der Waals surface area contributed by atoms with E-state index < -0.39 is 0 Å². The third-order valence-electron chi connectivity index (χ3n) is 3.62. The predicted molar refractivity (Wildman–Crippen MR) is 96.9 cm³/mol. The molecule has 124 valence electrons. The number of rotatable bonds is 5. The molecule has 0 spiro atoms. The summed E-state index contributed by atoms with van der Waals surface area (Å²) >= 11 is 1.43. The van der Waals surface area contributed by atoms with Crippen molar-refractivity contribution in [2.45, 2.75) is 27.2 Å². The summed E-state index contributed by atoms with van der Waals surface area (Å²) in [6.07, 6.45) is 4.80. The first-order valence-electron chi connectivity index (χ1n) is 7.90. The van der Waals surface area contributed by atoms with E-state index in [1.54, 1.807) is 0 Å². The molecule has 0 aliphatic heterocycles. The summed E-state index contributed by atoms with van der Waals surface area (Å²) < 4.78 is 2.00. The largest absolute Gasteiger partial charge is 0.324 e. The van der Waals surface area contributed by atoms with E-state index >= 15 is 0 Å². The summed E-state index contributed by atoms with van der Waals surface area (Å²) in [5, 5.41) is 12.5. The minimum Gasteiger partial charge on any atom is -0.324 e. The smallest absolute Gasteiger partial charge is 0.257 e. The molecule has 0 fully saturated rings. The summed E-state index contributed by atoms with van der Waals surface area (Å²) in [7, 11) is 0. The number of hydrogen-bond donors (Lipinski definition) is 1. The molecule has 0 saturated carbocycles. The molecule has 0 saturated heterocycles. The van der Waals surface area contributed by atoms with Crippen LogP contribution in [0.4, 0.5) is 5.13 Å². The Hall–Kier alpha value is -2.47. The standard InChI is InChI=1S/C18H20N4OS/c1-12(2)10-16-20-21-18(24-16)19-17(23)14-7-6-13(3)15(11-14)22-8-4-5-9-22/h4-9,11-12H,10H2,1-3H3,(H,19,21,23). The highest BCUT2D eigenvalue weighted by molar-refractivity contribution is 7.15. The number of carbonyl (C=O) groups is 1. The highest BCUT2D eigenvalue weighted by atomic mass is 32.1. The summed E-state index contributed by atoms with van der Waals surface area (Å²) in [6.45, 7) is 6.30. The second-order valence-electron chi connectivity index (χ2n) is 6.14. The van der Waals surface area contributed by atoms with Gasteiger partial charge >= 0.3 is 0 Å². The molecule has 0 aliphatic rings. The van der Waals surface area contributed by atoms with Crippen LogP contribution in [0.25, 0.3) is 5.69 Å². The van der Waals surface area contributed by atoms with Gasteiger partial charge in [-0.3, -0.25) is 10.1 Å². The number of nitrogens with zero attached hydrogens (tertiary/aromatic N) is 3. The molecule has 2 heterocycles. The van der Waals surface area contributed by atoms with Crippen molar-refractivity contribution in [3.8, 4) is 5.69 Å². The number of benzene rings is 1. The van der Waals surface area contributed by atoms with Gasteiger partial charge in [0.2, 0.25) is 5.13 Å². The molecule has 0 bridgehead atoms. The first-order valence-corrected chi connectivity index (χ1v) is 8.72. The third-order valence-corrected chi connectivity index (χ3v) is 4.49. The average molecular weight is 340 g/mol. The van der Waals surface area contributed by atoms with Crippen LogP contribution in [0, 0.1) is 12.8 Å². The van der Waals surface area contributed by atoms with Crippen LogP contribution in [0.15, 0.2) is 42.7 Å². The SMILES string of the molecule is Cc1ccc(C(=O)Nc2nnc(CC(C)C)s2)cc1-n1cccc1. The monoisotopic (exact) mass is 340 g/mol. The lowest BCUT2D eigenvalue weighted by molar-refractivity contribution is 0.102. The molecular weight excluding hydrogens is 320 g/mol. The maximum absolute atomic E-state index is 12.5. The van der Waals surface area contributed by atoms with Crippen LogP contribution in [0.1, 0.15) is 34.8 Å². The molecule has 0 unspecified atom stereocenters. The van der Waals surface area contributed by atoms with E-state index in [9.17, 15) is 4.79 Å². The van der Waals surface area contributed by atoms with Gasteiger partial charge in [-0.2, -0.15) is 0 Å². The van der Waals surface area contributed by atoms with E-state index in [1.165, 1.54) is 11.3 Å². The third kappa shape index (κ3) is 3.71. The van der Waals surface area contributed by atoms with E-state index in [1.807, 2.05) is 54.2 Å². The second-order valence-corrected chi connectivity index (χ2v) is 7.21. The van der Waals surface area contributed by atoms with E-state index in [2.05, 4.69) is 29.4 Å². The van der Waals surface area contributed by atoms with Crippen LogP contribution in [-0.2, 0) is 6.42 Å². The van der Waals surface area contributed by atoms with Gasteiger partial charge in [-0.1, -0.05) is 31.3 Å². The first-order chi connectivity index (χ1) is 11.5. The zero-order valence-corrected chi connectivity index (χ0v) is 14.8. The number of anilines is 1. The zero-order chi connectivity index (χ0) is 17.1. The molecule has 1 aromatic carbocycles. The van der Waals surface area contributed by atoms with Crippen molar-refractivity contribution in [3.63, 3.8) is 0 Å². The number of aromatic nitrogens is 3. The van der Waals surface area contributed by atoms with Gasteiger partial charge in [0.1, 0.15) is 5.01 Å². The molecule has 2 aromatic heterocycles. The van der Waals surface area contributed by atoms with Crippen molar-refractivity contribution in [1.82, 2.24) is 14.8 Å². The maximum atomic E-state index is 12.5. The lowest BCUT2D eigenvalue weighted by Crippen LogP contribution is -2.12. The van der Waals surface area contributed by atoms with Gasteiger partial charge in [0.15, 0.2) is 0 Å². The lowest BCUT2D eigenvalue weighted by atomic mass is 10.1. The van der Waals surface area contributed by atoms with Gasteiger partial charge in [-0.25, -0.2) is 0 Å². The van der Waals surface area contributed by atoms with Crippen LogP contribution < -0.4 is 5.32 Å². The number of carbonyl (C=O) groups excluding carboxylic acids is 1. The van der Waals surface area contributed by atoms with Gasteiger partial charge in [-0.05, 0) is 42.7 Å². The molecule has 24 heavy (non-hydrogen) atoms. The molecular formula is C18H20N4OS. The number of hydrogen-bond acceptors (Lipinski definition) is 4. The van der Waals surface area contributed by atoms with Crippen LogP contribution in [0.5, 0.6) is 0 Å². The Labute approximate surface area is 145 Å². The highest BCUT2D eigenvalue weighted by Crippen LogP contribution is 2.21. The van der Waals surface area contributed by atoms with Crippen molar-refractivity contribution in [3.05, 3.63) is 58.9 Å². The predicted octanol–water partition coefficient (Wildman–Crippen LogP) is 4.09.